The highest BCUT2D eigenvalue weighted by molar-refractivity contribution is 5.25. The molecule has 1 aromatic carbocycles. The molecule has 1 aromatic heterocycles. The molecule has 0 aliphatic heterocycles. The summed E-state index contributed by atoms with van der Waals surface area (Å²) in [6.07, 6.45) is 4.09. The van der Waals surface area contributed by atoms with Crippen LogP contribution in [0.3, 0.4) is 0 Å². The zero-order chi connectivity index (χ0) is 14.0. The van der Waals surface area contributed by atoms with Gasteiger partial charge >= 0.3 is 0 Å². The first-order valence-electron chi connectivity index (χ1n) is 7.26. The molecule has 4 nitrogen and oxygen atoms in total. The molecule has 0 amide bonds. The van der Waals surface area contributed by atoms with Crippen LogP contribution in [0, 0.1) is 0 Å². The molecule has 4 heteroatoms. The molecule has 3 rings (SSSR count). The summed E-state index contributed by atoms with van der Waals surface area (Å²) in [5, 5.41) is 7.32. The molecule has 0 bridgehead atoms. The number of nitrogens with zero attached hydrogens (tertiary/aromatic N) is 2. The lowest BCUT2D eigenvalue weighted by molar-refractivity contribution is 0.339. The van der Waals surface area contributed by atoms with Crippen molar-refractivity contribution < 1.29 is 4.52 Å². The molecule has 2 aromatic rings. The summed E-state index contributed by atoms with van der Waals surface area (Å²) >= 11 is 0. The van der Waals surface area contributed by atoms with Crippen molar-refractivity contribution in [2.75, 3.05) is 7.05 Å². The van der Waals surface area contributed by atoms with Crippen molar-refractivity contribution in [3.05, 3.63) is 47.6 Å². The van der Waals surface area contributed by atoms with Crippen molar-refractivity contribution in [1.29, 1.82) is 0 Å². The highest BCUT2D eigenvalue weighted by atomic mass is 16.5. The van der Waals surface area contributed by atoms with Gasteiger partial charge in [0.05, 0.1) is 5.41 Å². The Morgan fingerprint density at radius 2 is 2.05 bits per heavy atom. The van der Waals surface area contributed by atoms with Crippen molar-refractivity contribution >= 4 is 0 Å². The van der Waals surface area contributed by atoms with Crippen LogP contribution >= 0.6 is 0 Å². The van der Waals surface area contributed by atoms with Crippen LogP contribution in [0.25, 0.3) is 0 Å². The normalized spacial score (nSPS) is 17.9. The molecule has 0 spiro atoms. The van der Waals surface area contributed by atoms with Gasteiger partial charge in [-0.05, 0) is 38.8 Å². The van der Waals surface area contributed by atoms with Gasteiger partial charge in [-0.2, -0.15) is 4.98 Å². The van der Waals surface area contributed by atoms with Crippen molar-refractivity contribution in [3.63, 3.8) is 0 Å². The monoisotopic (exact) mass is 271 g/mol. The molecule has 0 saturated heterocycles. The van der Waals surface area contributed by atoms with Gasteiger partial charge in [0.25, 0.3) is 0 Å². The fourth-order valence-electron chi connectivity index (χ4n) is 2.53. The van der Waals surface area contributed by atoms with Crippen LogP contribution in [-0.4, -0.2) is 23.2 Å². The summed E-state index contributed by atoms with van der Waals surface area (Å²) in [5.41, 5.74) is 1.43. The summed E-state index contributed by atoms with van der Waals surface area (Å²) in [4.78, 5) is 4.61. The van der Waals surface area contributed by atoms with Crippen molar-refractivity contribution in [3.8, 4) is 0 Å². The van der Waals surface area contributed by atoms with E-state index in [0.717, 1.165) is 37.4 Å². The Bertz CT molecular complexity index is 560. The molecule has 1 N–H and O–H groups in total. The highest BCUT2D eigenvalue weighted by Crippen LogP contribution is 2.49. The zero-order valence-electron chi connectivity index (χ0n) is 12.1. The Balaban J connectivity index is 1.72. The van der Waals surface area contributed by atoms with E-state index in [1.165, 1.54) is 5.56 Å². The van der Waals surface area contributed by atoms with Gasteiger partial charge in [-0.25, -0.2) is 0 Å². The van der Waals surface area contributed by atoms with Crippen LogP contribution in [-0.2, 0) is 18.3 Å². The SMILES string of the molecule is CNC(C)Cc1noc(C2(Cc3ccccc3)CC2)n1. The van der Waals surface area contributed by atoms with Gasteiger partial charge in [0.15, 0.2) is 5.82 Å². The lowest BCUT2D eigenvalue weighted by Gasteiger charge is -2.09. The van der Waals surface area contributed by atoms with E-state index < -0.39 is 0 Å². The van der Waals surface area contributed by atoms with E-state index >= 15 is 0 Å². The van der Waals surface area contributed by atoms with Crippen LogP contribution in [0.1, 0.15) is 37.0 Å². The Labute approximate surface area is 119 Å². The summed E-state index contributed by atoms with van der Waals surface area (Å²) < 4.78 is 5.52. The number of aromatic nitrogens is 2. The van der Waals surface area contributed by atoms with Crippen LogP contribution in [0.5, 0.6) is 0 Å². The van der Waals surface area contributed by atoms with Gasteiger partial charge in [0.2, 0.25) is 5.89 Å². The maximum atomic E-state index is 5.52. The number of likely N-dealkylation sites (N-methyl/N-ethyl adjacent to an activating group) is 1. The minimum Gasteiger partial charge on any atom is -0.339 e. The van der Waals surface area contributed by atoms with E-state index in [-0.39, 0.29) is 5.41 Å². The third kappa shape index (κ3) is 2.75. The predicted octanol–water partition coefficient (Wildman–Crippen LogP) is 2.49. The van der Waals surface area contributed by atoms with Crippen molar-refractivity contribution in [2.45, 2.75) is 44.1 Å². The van der Waals surface area contributed by atoms with Gasteiger partial charge in [-0.3, -0.25) is 0 Å². The second kappa shape index (κ2) is 5.37. The number of hydrogen-bond acceptors (Lipinski definition) is 4. The minimum atomic E-state index is 0.0927. The Morgan fingerprint density at radius 3 is 2.70 bits per heavy atom. The van der Waals surface area contributed by atoms with Crippen LogP contribution < -0.4 is 5.32 Å². The molecule has 1 aliphatic rings. The fourth-order valence-corrected chi connectivity index (χ4v) is 2.53. The molecular weight excluding hydrogens is 250 g/mol. The maximum Gasteiger partial charge on any atom is 0.233 e. The third-order valence-corrected chi connectivity index (χ3v) is 4.14. The lowest BCUT2D eigenvalue weighted by Crippen LogP contribution is -2.24. The van der Waals surface area contributed by atoms with Gasteiger partial charge in [-0.1, -0.05) is 35.5 Å². The largest absolute Gasteiger partial charge is 0.339 e. The molecule has 106 valence electrons. The Kier molecular flexibility index (Phi) is 3.57. The molecule has 1 fully saturated rings. The molecule has 1 saturated carbocycles. The van der Waals surface area contributed by atoms with Crippen LogP contribution in [0.15, 0.2) is 34.9 Å². The molecule has 1 atom stereocenters. The first-order chi connectivity index (χ1) is 9.72. The van der Waals surface area contributed by atoms with Crippen LogP contribution in [0.4, 0.5) is 0 Å². The summed E-state index contributed by atoms with van der Waals surface area (Å²) in [7, 11) is 1.95. The van der Waals surface area contributed by atoms with E-state index in [4.69, 9.17) is 4.52 Å². The first-order valence-corrected chi connectivity index (χ1v) is 7.26. The van der Waals surface area contributed by atoms with E-state index in [9.17, 15) is 0 Å². The van der Waals surface area contributed by atoms with E-state index in [2.05, 4.69) is 46.6 Å². The van der Waals surface area contributed by atoms with Gasteiger partial charge < -0.3 is 9.84 Å². The Morgan fingerprint density at radius 1 is 1.30 bits per heavy atom. The third-order valence-electron chi connectivity index (χ3n) is 4.14. The number of rotatable bonds is 6. The fraction of sp³-hybridized carbons (Fsp3) is 0.500. The topological polar surface area (TPSA) is 51.0 Å². The van der Waals surface area contributed by atoms with Gasteiger partial charge in [0.1, 0.15) is 0 Å². The quantitative estimate of drug-likeness (QED) is 0.877. The summed E-state index contributed by atoms with van der Waals surface area (Å²) in [6, 6.07) is 10.9. The van der Waals surface area contributed by atoms with E-state index in [1.54, 1.807) is 0 Å². The lowest BCUT2D eigenvalue weighted by atomic mass is 9.96. The smallest absolute Gasteiger partial charge is 0.233 e. The summed E-state index contributed by atoms with van der Waals surface area (Å²) in [5.74, 6) is 1.63. The van der Waals surface area contributed by atoms with Crippen molar-refractivity contribution in [1.82, 2.24) is 15.5 Å². The second-order valence-electron chi connectivity index (χ2n) is 5.85. The molecule has 1 heterocycles. The van der Waals surface area contributed by atoms with E-state index in [0.29, 0.717) is 6.04 Å². The second-order valence-corrected chi connectivity index (χ2v) is 5.85. The number of hydrogen-bond donors (Lipinski definition) is 1. The standard InChI is InChI=1S/C16H21N3O/c1-12(17-2)10-14-18-15(20-19-14)16(8-9-16)11-13-6-4-3-5-7-13/h3-7,12,17H,8-11H2,1-2H3. The minimum absolute atomic E-state index is 0.0927. The molecule has 20 heavy (non-hydrogen) atoms. The van der Waals surface area contributed by atoms with Gasteiger partial charge in [0, 0.05) is 12.5 Å². The average Bonchev–Trinajstić information content (AvgIpc) is 3.09. The van der Waals surface area contributed by atoms with E-state index in [1.807, 2.05) is 13.1 Å². The maximum absolute atomic E-state index is 5.52. The summed E-state index contributed by atoms with van der Waals surface area (Å²) in [6.45, 7) is 2.12. The first kappa shape index (κ1) is 13.3. The molecule has 1 unspecified atom stereocenters. The van der Waals surface area contributed by atoms with Crippen molar-refractivity contribution in [2.24, 2.45) is 0 Å². The molecular formula is C16H21N3O. The number of nitrogens with one attached hydrogen (secondary N) is 1. The van der Waals surface area contributed by atoms with Gasteiger partial charge in [-0.15, -0.1) is 0 Å². The molecule has 1 aliphatic carbocycles. The highest BCUT2D eigenvalue weighted by Gasteiger charge is 2.49. The Hall–Kier alpha value is -1.68. The predicted molar refractivity (Wildman–Crippen MR) is 77.6 cm³/mol. The number of benzene rings is 1. The van der Waals surface area contributed by atoms with Crippen LogP contribution in [0.2, 0.25) is 0 Å². The molecule has 0 radical (unpaired) electrons. The zero-order valence-corrected chi connectivity index (χ0v) is 12.1. The average molecular weight is 271 g/mol.